The van der Waals surface area contributed by atoms with Crippen LogP contribution in [0.25, 0.3) is 0 Å². The van der Waals surface area contributed by atoms with Gasteiger partial charge in [0.05, 0.1) is 0 Å². The summed E-state index contributed by atoms with van der Waals surface area (Å²) in [7, 11) is 0. The maximum atomic E-state index is 11.3. The number of carbonyl (C=O) groups is 1. The molecule has 88 valence electrons. The molecule has 0 saturated heterocycles. The van der Waals surface area contributed by atoms with Gasteiger partial charge in [-0.05, 0) is 31.8 Å². The van der Waals surface area contributed by atoms with E-state index in [0.717, 1.165) is 12.8 Å². The zero-order valence-corrected chi connectivity index (χ0v) is 10.6. The molecule has 0 heterocycles. The minimum atomic E-state index is -0.0814. The van der Waals surface area contributed by atoms with Crippen LogP contribution in [0.4, 0.5) is 0 Å². The Kier molecular flexibility index (Phi) is 6.30. The summed E-state index contributed by atoms with van der Waals surface area (Å²) in [4.78, 5) is 11.3. The normalized spacial score (nSPS) is 14.7. The van der Waals surface area contributed by atoms with Gasteiger partial charge in [-0.2, -0.15) is 0 Å². The van der Waals surface area contributed by atoms with E-state index in [1.165, 1.54) is 18.9 Å². The molecule has 0 aromatic carbocycles. The second kappa shape index (κ2) is 6.65. The van der Waals surface area contributed by atoms with Crippen LogP contribution in [-0.2, 0) is 4.79 Å². The molecule has 0 aliphatic rings. The van der Waals surface area contributed by atoms with E-state index in [1.54, 1.807) is 0 Å². The van der Waals surface area contributed by atoms with Crippen molar-refractivity contribution in [2.24, 2.45) is 5.92 Å². The fourth-order valence-corrected chi connectivity index (χ4v) is 1.85. The van der Waals surface area contributed by atoms with Gasteiger partial charge < -0.3 is 5.32 Å². The Bertz CT molecular complexity index is 209. The predicted molar refractivity (Wildman–Crippen MR) is 65.7 cm³/mol. The number of hydrogen-bond donors (Lipinski definition) is 1. The molecule has 0 aliphatic carbocycles. The van der Waals surface area contributed by atoms with Crippen molar-refractivity contribution in [1.82, 2.24) is 5.32 Å². The van der Waals surface area contributed by atoms with E-state index in [0.29, 0.717) is 5.92 Å². The second-order valence-electron chi connectivity index (χ2n) is 4.49. The SMILES string of the molecule is C=CC(=O)NC(C)(CC)CC(CC)CC. The lowest BCUT2D eigenvalue weighted by Crippen LogP contribution is -2.46. The minimum Gasteiger partial charge on any atom is -0.347 e. The first kappa shape index (κ1) is 14.2. The highest BCUT2D eigenvalue weighted by atomic mass is 16.1. The first-order valence-corrected chi connectivity index (χ1v) is 5.95. The lowest BCUT2D eigenvalue weighted by molar-refractivity contribution is -0.118. The number of amides is 1. The van der Waals surface area contributed by atoms with Crippen LogP contribution in [-0.4, -0.2) is 11.4 Å². The van der Waals surface area contributed by atoms with Gasteiger partial charge in [0.15, 0.2) is 0 Å². The summed E-state index contributed by atoms with van der Waals surface area (Å²) in [5.74, 6) is 0.630. The first-order chi connectivity index (χ1) is 7.01. The molecule has 1 atom stereocenters. The Morgan fingerprint density at radius 3 is 2.27 bits per heavy atom. The molecule has 2 nitrogen and oxygen atoms in total. The van der Waals surface area contributed by atoms with Gasteiger partial charge in [0.25, 0.3) is 0 Å². The van der Waals surface area contributed by atoms with E-state index in [9.17, 15) is 4.79 Å². The van der Waals surface area contributed by atoms with Crippen LogP contribution >= 0.6 is 0 Å². The topological polar surface area (TPSA) is 29.1 Å². The number of hydrogen-bond acceptors (Lipinski definition) is 1. The molecule has 0 spiro atoms. The summed E-state index contributed by atoms with van der Waals surface area (Å²) < 4.78 is 0. The number of nitrogens with one attached hydrogen (secondary N) is 1. The Morgan fingerprint density at radius 1 is 1.40 bits per heavy atom. The minimum absolute atomic E-state index is 0.0645. The van der Waals surface area contributed by atoms with Crippen molar-refractivity contribution in [3.8, 4) is 0 Å². The largest absolute Gasteiger partial charge is 0.347 e. The molecule has 0 radical (unpaired) electrons. The van der Waals surface area contributed by atoms with E-state index in [-0.39, 0.29) is 11.4 Å². The van der Waals surface area contributed by atoms with E-state index in [4.69, 9.17) is 0 Å². The zero-order chi connectivity index (χ0) is 11.9. The molecule has 0 rings (SSSR count). The van der Waals surface area contributed by atoms with Gasteiger partial charge in [0, 0.05) is 5.54 Å². The second-order valence-corrected chi connectivity index (χ2v) is 4.49. The van der Waals surface area contributed by atoms with Crippen molar-refractivity contribution in [1.29, 1.82) is 0 Å². The molecule has 1 N–H and O–H groups in total. The van der Waals surface area contributed by atoms with E-state index in [1.807, 2.05) is 0 Å². The van der Waals surface area contributed by atoms with Crippen molar-refractivity contribution < 1.29 is 4.79 Å². The Balaban J connectivity index is 4.41. The summed E-state index contributed by atoms with van der Waals surface area (Å²) in [5, 5.41) is 3.03. The zero-order valence-electron chi connectivity index (χ0n) is 10.6. The molecule has 1 unspecified atom stereocenters. The summed E-state index contributed by atoms with van der Waals surface area (Å²) in [5.41, 5.74) is -0.0814. The van der Waals surface area contributed by atoms with Crippen LogP contribution in [0.15, 0.2) is 12.7 Å². The smallest absolute Gasteiger partial charge is 0.243 e. The molecule has 15 heavy (non-hydrogen) atoms. The molecule has 0 aromatic heterocycles. The average molecular weight is 211 g/mol. The molecule has 2 heteroatoms. The quantitative estimate of drug-likeness (QED) is 0.643. The molecule has 0 bridgehead atoms. The standard InChI is InChI=1S/C13H25NO/c1-6-11(7-2)10-13(5,9-4)14-12(15)8-3/h8,11H,3,6-7,9-10H2,1-2,4-5H3,(H,14,15). The maximum absolute atomic E-state index is 11.3. The summed E-state index contributed by atoms with van der Waals surface area (Å²) >= 11 is 0. The Morgan fingerprint density at radius 2 is 1.93 bits per heavy atom. The van der Waals surface area contributed by atoms with Gasteiger partial charge >= 0.3 is 0 Å². The third-order valence-electron chi connectivity index (χ3n) is 3.28. The van der Waals surface area contributed by atoms with Gasteiger partial charge in [0.2, 0.25) is 5.91 Å². The van der Waals surface area contributed by atoms with Crippen LogP contribution < -0.4 is 5.32 Å². The average Bonchev–Trinajstić information content (AvgIpc) is 2.25. The molecular formula is C13H25NO. The molecule has 1 amide bonds. The predicted octanol–water partition coefficient (Wildman–Crippen LogP) is 3.28. The summed E-state index contributed by atoms with van der Waals surface area (Å²) in [6.45, 7) is 12.1. The van der Waals surface area contributed by atoms with Crippen molar-refractivity contribution in [3.05, 3.63) is 12.7 Å². The van der Waals surface area contributed by atoms with Crippen LogP contribution in [0.1, 0.15) is 53.4 Å². The molecule has 0 aliphatic heterocycles. The van der Waals surface area contributed by atoms with Crippen LogP contribution in [0.2, 0.25) is 0 Å². The Labute approximate surface area is 94.1 Å². The van der Waals surface area contributed by atoms with Gasteiger partial charge in [0.1, 0.15) is 0 Å². The number of rotatable bonds is 7. The van der Waals surface area contributed by atoms with Crippen LogP contribution in [0.3, 0.4) is 0 Å². The van der Waals surface area contributed by atoms with Gasteiger partial charge in [-0.3, -0.25) is 4.79 Å². The van der Waals surface area contributed by atoms with E-state index >= 15 is 0 Å². The van der Waals surface area contributed by atoms with Crippen molar-refractivity contribution in [2.75, 3.05) is 0 Å². The van der Waals surface area contributed by atoms with E-state index < -0.39 is 0 Å². The summed E-state index contributed by atoms with van der Waals surface area (Å²) in [6.07, 6.45) is 5.71. The molecular weight excluding hydrogens is 186 g/mol. The van der Waals surface area contributed by atoms with Gasteiger partial charge in [-0.15, -0.1) is 0 Å². The van der Waals surface area contributed by atoms with E-state index in [2.05, 4.69) is 39.6 Å². The summed E-state index contributed by atoms with van der Waals surface area (Å²) in [6, 6.07) is 0. The number of carbonyl (C=O) groups excluding carboxylic acids is 1. The van der Waals surface area contributed by atoms with Crippen molar-refractivity contribution in [3.63, 3.8) is 0 Å². The van der Waals surface area contributed by atoms with Crippen molar-refractivity contribution >= 4 is 5.91 Å². The monoisotopic (exact) mass is 211 g/mol. The maximum Gasteiger partial charge on any atom is 0.243 e. The third kappa shape index (κ3) is 5.01. The highest BCUT2D eigenvalue weighted by Crippen LogP contribution is 2.24. The first-order valence-electron chi connectivity index (χ1n) is 5.95. The lowest BCUT2D eigenvalue weighted by Gasteiger charge is -2.32. The highest BCUT2D eigenvalue weighted by molar-refractivity contribution is 5.87. The fourth-order valence-electron chi connectivity index (χ4n) is 1.85. The third-order valence-corrected chi connectivity index (χ3v) is 3.28. The van der Waals surface area contributed by atoms with Crippen molar-refractivity contribution in [2.45, 2.75) is 58.9 Å². The molecule has 0 saturated carbocycles. The van der Waals surface area contributed by atoms with Crippen LogP contribution in [0.5, 0.6) is 0 Å². The lowest BCUT2D eigenvalue weighted by atomic mass is 9.84. The van der Waals surface area contributed by atoms with Gasteiger partial charge in [-0.25, -0.2) is 0 Å². The van der Waals surface area contributed by atoms with Gasteiger partial charge in [-0.1, -0.05) is 40.2 Å². The Hall–Kier alpha value is -0.790. The van der Waals surface area contributed by atoms with Crippen LogP contribution in [0, 0.1) is 5.92 Å². The highest BCUT2D eigenvalue weighted by Gasteiger charge is 2.26. The fraction of sp³-hybridized carbons (Fsp3) is 0.769. The molecule has 0 fully saturated rings. The molecule has 0 aromatic rings.